The number of hydrogen-bond donors (Lipinski definition) is 0. The van der Waals surface area contributed by atoms with Crippen molar-refractivity contribution in [2.75, 3.05) is 0 Å². The maximum atomic E-state index is 2.12. The summed E-state index contributed by atoms with van der Waals surface area (Å²) in [5.74, 6) is 0. The molecule has 62 heavy (non-hydrogen) atoms. The summed E-state index contributed by atoms with van der Waals surface area (Å²) in [4.78, 5) is 0. The lowest BCUT2D eigenvalue weighted by Crippen LogP contribution is -1.27. The first-order valence-corrected chi connectivity index (χ1v) is 29.7. The topological polar surface area (TPSA) is 0 Å². The Morgan fingerprint density at radius 2 is 0.0968 bits per heavy atom. The maximum Gasteiger partial charge on any atom is -0.0590 e. The van der Waals surface area contributed by atoms with Crippen LogP contribution in [0.5, 0.6) is 0 Å². The highest BCUT2D eigenvalue weighted by Crippen LogP contribution is 1.57. The van der Waals surface area contributed by atoms with Gasteiger partial charge in [-0.1, -0.05) is 428 Å². The molecule has 0 spiro atoms. The van der Waals surface area contributed by atoms with E-state index in [9.17, 15) is 0 Å². The Kier molecular flexibility index (Phi) is 49900. The van der Waals surface area contributed by atoms with Crippen LogP contribution in [0.1, 0.15) is 428 Å². The third-order valence-corrected chi connectivity index (χ3v) is 0. The lowest BCUT2D eigenvalue weighted by Gasteiger charge is -1.48. The summed E-state index contributed by atoms with van der Waals surface area (Å²) in [6.45, 7) is 113. The zero-order chi connectivity index (χ0) is 58.8. The lowest BCUT2D eigenvalue weighted by molar-refractivity contribution is 1.09. The van der Waals surface area contributed by atoms with E-state index in [4.69, 9.17) is 0 Å². The minimum Gasteiger partial charge on any atom is -0.0776 e. The highest BCUT2D eigenvalue weighted by atomic mass is 13.4. The van der Waals surface area contributed by atoms with E-state index in [-0.39, 0.29) is 14.9 Å². The van der Waals surface area contributed by atoms with E-state index >= 15 is 0 Å². The van der Waals surface area contributed by atoms with Crippen molar-refractivity contribution >= 4 is 0 Å². The summed E-state index contributed by atoms with van der Waals surface area (Å²) in [6.07, 6.45) is 5.00. The molecule has 0 nitrogen and oxygen atoms in total. The Hall–Kier alpha value is 0. The molecule has 432 valence electrons. The highest BCUT2D eigenvalue weighted by Gasteiger charge is 1.36. The summed E-state index contributed by atoms with van der Waals surface area (Å²) in [6, 6.07) is 0. The van der Waals surface area contributed by atoms with Crippen molar-refractivity contribution in [3.05, 3.63) is 0 Å². The molecular formula is C62H184. The molecule has 0 aliphatic heterocycles. The normalized spacial score (nSPS) is 3.48. The molecule has 0 aliphatic rings. The van der Waals surface area contributed by atoms with Gasteiger partial charge in [0.15, 0.2) is 0 Å². The van der Waals surface area contributed by atoms with Crippen molar-refractivity contribution in [2.45, 2.75) is 428 Å². The molecule has 0 amide bonds. The van der Waals surface area contributed by atoms with Gasteiger partial charge in [0.1, 0.15) is 0 Å². The largest absolute Gasteiger partial charge is 0.0776 e. The third kappa shape index (κ3) is 0. The fourth-order valence-electron chi connectivity index (χ4n) is 0. The van der Waals surface area contributed by atoms with Crippen molar-refractivity contribution in [2.24, 2.45) is 0 Å². The molecule has 0 rings (SSSR count). The van der Waals surface area contributed by atoms with Gasteiger partial charge in [0.25, 0.3) is 0 Å². The lowest BCUT2D eigenvalue weighted by atomic mass is 10.6. The van der Waals surface area contributed by atoms with E-state index in [1.165, 1.54) is 25.7 Å². The van der Waals surface area contributed by atoms with Crippen molar-refractivity contribution in [1.29, 1.82) is 0 Å². The Balaban J connectivity index is -0.00000000612. The molecule has 0 radical (unpaired) electrons. The molecule has 0 atom stereocenters. The standard InChI is InChI=1S/4C3H8.24C2H6.2CH4/c4*1-3-2;24*1-2;;/h4*3H2,1-2H3;24*1-2H3;2*1H4. The first-order chi connectivity index (χ1) is 29.7. The zero-order valence-electron chi connectivity index (χ0n) is 58.8. The fourth-order valence-corrected chi connectivity index (χ4v) is 0. The van der Waals surface area contributed by atoms with Crippen molar-refractivity contribution in [3.8, 4) is 0 Å². The minimum atomic E-state index is 0. The van der Waals surface area contributed by atoms with Gasteiger partial charge in [-0.05, 0) is 0 Å². The molecule has 0 aromatic heterocycles. The van der Waals surface area contributed by atoms with Crippen LogP contribution in [0.25, 0.3) is 0 Å². The summed E-state index contributed by atoms with van der Waals surface area (Å²) in [5.41, 5.74) is 0. The summed E-state index contributed by atoms with van der Waals surface area (Å²) in [5, 5.41) is 0. The smallest absolute Gasteiger partial charge is 0.0590 e. The van der Waals surface area contributed by atoms with E-state index < -0.39 is 0 Å². The summed E-state index contributed by atoms with van der Waals surface area (Å²) >= 11 is 0. The molecule has 0 aromatic carbocycles. The van der Waals surface area contributed by atoms with E-state index in [0.717, 1.165) is 0 Å². The van der Waals surface area contributed by atoms with Gasteiger partial charge in [-0.15, -0.1) is 0 Å². The Morgan fingerprint density at radius 3 is 0.0968 bits per heavy atom. The Bertz CT molecular complexity index is 8.00. The van der Waals surface area contributed by atoms with E-state index in [1.54, 1.807) is 0 Å². The van der Waals surface area contributed by atoms with Crippen LogP contribution in [0.4, 0.5) is 0 Å². The second kappa shape index (κ2) is 13700. The van der Waals surface area contributed by atoms with Crippen LogP contribution in [0.15, 0.2) is 0 Å². The van der Waals surface area contributed by atoms with Gasteiger partial charge in [-0.3, -0.25) is 0 Å². The summed E-state index contributed by atoms with van der Waals surface area (Å²) < 4.78 is 0. The molecule has 0 aliphatic carbocycles. The van der Waals surface area contributed by atoms with Crippen molar-refractivity contribution in [3.63, 3.8) is 0 Å². The third-order valence-electron chi connectivity index (χ3n) is 0. The molecular weight excluding hydrogens is 745 g/mol. The first-order valence-electron chi connectivity index (χ1n) is 29.7. The van der Waals surface area contributed by atoms with Crippen molar-refractivity contribution < 1.29 is 0 Å². The quantitative estimate of drug-likeness (QED) is 0.227. The van der Waals surface area contributed by atoms with Gasteiger partial charge in [-0.25, -0.2) is 0 Å². The molecule has 0 unspecified atom stereocenters. The van der Waals surface area contributed by atoms with E-state index in [1.807, 2.05) is 332 Å². The van der Waals surface area contributed by atoms with E-state index in [0.29, 0.717) is 0 Å². The number of hydrogen-bond acceptors (Lipinski definition) is 0. The van der Waals surface area contributed by atoms with Gasteiger partial charge in [0.05, 0.1) is 0 Å². The van der Waals surface area contributed by atoms with Gasteiger partial charge in [0, 0.05) is 0 Å². The van der Waals surface area contributed by atoms with Crippen LogP contribution >= 0.6 is 0 Å². The minimum absolute atomic E-state index is 0. The predicted octanol–water partition coefficient (Wildman–Crippen LogP) is 31.6. The van der Waals surface area contributed by atoms with Crippen LogP contribution in [0, 0.1) is 0 Å². The molecule has 0 saturated heterocycles. The summed E-state index contributed by atoms with van der Waals surface area (Å²) in [7, 11) is 0. The average molecular weight is 930 g/mol. The second-order valence-corrected chi connectivity index (χ2v) is 2.83. The maximum absolute atomic E-state index is 2.12. The van der Waals surface area contributed by atoms with E-state index in [2.05, 4.69) is 55.4 Å². The van der Waals surface area contributed by atoms with Crippen LogP contribution in [0.2, 0.25) is 0 Å². The number of rotatable bonds is 0. The fraction of sp³-hybridized carbons (Fsp3) is 1.00. The molecule has 0 aromatic rings. The molecule has 0 saturated carbocycles. The molecule has 0 heterocycles. The Labute approximate surface area is 426 Å². The highest BCUT2D eigenvalue weighted by molar-refractivity contribution is 3.93. The van der Waals surface area contributed by atoms with Gasteiger partial charge in [-0.2, -0.15) is 0 Å². The molecule has 0 N–H and O–H groups in total. The first kappa shape index (κ1) is 225. The van der Waals surface area contributed by atoms with Crippen LogP contribution in [-0.4, -0.2) is 0 Å². The van der Waals surface area contributed by atoms with Gasteiger partial charge < -0.3 is 0 Å². The molecule has 0 bridgehead atoms. The van der Waals surface area contributed by atoms with Crippen LogP contribution in [-0.2, 0) is 0 Å². The van der Waals surface area contributed by atoms with Crippen molar-refractivity contribution in [1.82, 2.24) is 0 Å². The van der Waals surface area contributed by atoms with Gasteiger partial charge >= 0.3 is 0 Å². The Morgan fingerprint density at radius 1 is 0.0968 bits per heavy atom. The van der Waals surface area contributed by atoms with Crippen LogP contribution in [0.3, 0.4) is 0 Å². The average Bonchev–Trinajstić information content (AvgIpc) is 3.44. The SMILES string of the molecule is C.C.CC.CC.CC.CC.CC.CC.CC.CC.CC.CC.CC.CC.CC.CC.CC.CC.CC.CC.CC.CC.CC.CC.CC.CC.CCC.CCC.CCC.CCC. The zero-order valence-corrected chi connectivity index (χ0v) is 58.8. The molecule has 0 fully saturated rings. The van der Waals surface area contributed by atoms with Gasteiger partial charge in [0.2, 0.25) is 0 Å². The predicted molar refractivity (Wildman–Crippen MR) is 350 cm³/mol. The molecule has 0 heteroatoms. The van der Waals surface area contributed by atoms with Crippen LogP contribution < -0.4 is 0 Å². The second-order valence-electron chi connectivity index (χ2n) is 2.83. The monoisotopic (exact) mass is 929 g/mol.